The second kappa shape index (κ2) is 5.88. The van der Waals surface area contributed by atoms with Crippen molar-refractivity contribution in [1.29, 1.82) is 0 Å². The first-order valence-electron chi connectivity index (χ1n) is 5.29. The zero-order valence-corrected chi connectivity index (χ0v) is 11.5. The SMILES string of the molecule is COC(=O)c1sc(N(C)CCN(C)C)cc1N. The van der Waals surface area contributed by atoms with E-state index in [1.54, 1.807) is 0 Å². The van der Waals surface area contributed by atoms with E-state index >= 15 is 0 Å². The quantitative estimate of drug-likeness (QED) is 0.801. The lowest BCUT2D eigenvalue weighted by Crippen LogP contribution is -2.27. The van der Waals surface area contributed by atoms with Gasteiger partial charge in [0.05, 0.1) is 17.8 Å². The Bertz CT molecular complexity index is 390. The zero-order valence-electron chi connectivity index (χ0n) is 10.7. The summed E-state index contributed by atoms with van der Waals surface area (Å²) in [4.78, 5) is 16.1. The Hall–Kier alpha value is -1.27. The van der Waals surface area contributed by atoms with Gasteiger partial charge in [0.1, 0.15) is 4.88 Å². The van der Waals surface area contributed by atoms with E-state index in [-0.39, 0.29) is 5.97 Å². The molecule has 17 heavy (non-hydrogen) atoms. The number of ether oxygens (including phenoxy) is 1. The molecule has 0 radical (unpaired) electrons. The summed E-state index contributed by atoms with van der Waals surface area (Å²) in [7, 11) is 7.39. The van der Waals surface area contributed by atoms with Crippen molar-refractivity contribution in [2.75, 3.05) is 52.0 Å². The van der Waals surface area contributed by atoms with Crippen molar-refractivity contribution < 1.29 is 9.53 Å². The predicted molar refractivity (Wildman–Crippen MR) is 71.9 cm³/mol. The van der Waals surface area contributed by atoms with Crippen molar-refractivity contribution in [3.05, 3.63) is 10.9 Å². The molecule has 2 N–H and O–H groups in total. The molecule has 1 rings (SSSR count). The molecule has 0 aliphatic heterocycles. The summed E-state index contributed by atoms with van der Waals surface area (Å²) in [5.74, 6) is -0.375. The monoisotopic (exact) mass is 257 g/mol. The Morgan fingerprint density at radius 1 is 1.41 bits per heavy atom. The van der Waals surface area contributed by atoms with Crippen molar-refractivity contribution in [2.24, 2.45) is 0 Å². The van der Waals surface area contributed by atoms with E-state index in [0.29, 0.717) is 10.6 Å². The van der Waals surface area contributed by atoms with Crippen molar-refractivity contribution >= 4 is 28.0 Å². The maximum absolute atomic E-state index is 11.4. The van der Waals surface area contributed by atoms with Gasteiger partial charge >= 0.3 is 5.97 Å². The third-order valence-corrected chi connectivity index (χ3v) is 3.62. The zero-order chi connectivity index (χ0) is 13.0. The van der Waals surface area contributed by atoms with Crippen LogP contribution in [0.25, 0.3) is 0 Å². The Labute approximate surface area is 106 Å². The topological polar surface area (TPSA) is 58.8 Å². The molecule has 0 spiro atoms. The fourth-order valence-electron chi connectivity index (χ4n) is 1.29. The number of esters is 1. The van der Waals surface area contributed by atoms with E-state index in [4.69, 9.17) is 5.73 Å². The summed E-state index contributed by atoms with van der Waals surface area (Å²) in [5, 5.41) is 0.977. The first-order chi connectivity index (χ1) is 7.95. The molecule has 0 saturated heterocycles. The fourth-order valence-corrected chi connectivity index (χ4v) is 2.28. The van der Waals surface area contributed by atoms with Crippen LogP contribution in [0, 0.1) is 0 Å². The van der Waals surface area contributed by atoms with Crippen molar-refractivity contribution in [3.8, 4) is 0 Å². The third-order valence-electron chi connectivity index (χ3n) is 2.38. The maximum Gasteiger partial charge on any atom is 0.350 e. The van der Waals surface area contributed by atoms with E-state index in [1.807, 2.05) is 27.2 Å². The maximum atomic E-state index is 11.4. The summed E-state index contributed by atoms with van der Waals surface area (Å²) < 4.78 is 4.67. The standard InChI is InChI=1S/C11H19N3O2S/c1-13(2)5-6-14(3)9-7-8(12)10(17-9)11(15)16-4/h7H,5-6,12H2,1-4H3. The van der Waals surface area contributed by atoms with Gasteiger partial charge in [-0.05, 0) is 20.2 Å². The molecule has 1 heterocycles. The number of carbonyl (C=O) groups excluding carboxylic acids is 1. The van der Waals surface area contributed by atoms with E-state index in [1.165, 1.54) is 18.4 Å². The minimum absolute atomic E-state index is 0.375. The number of anilines is 2. The van der Waals surface area contributed by atoms with Gasteiger partial charge < -0.3 is 20.3 Å². The molecule has 0 aliphatic rings. The highest BCUT2D eigenvalue weighted by Crippen LogP contribution is 2.31. The minimum atomic E-state index is -0.375. The highest BCUT2D eigenvalue weighted by molar-refractivity contribution is 7.18. The van der Waals surface area contributed by atoms with Gasteiger partial charge in [0.15, 0.2) is 0 Å². The number of methoxy groups -OCH3 is 1. The van der Waals surface area contributed by atoms with Gasteiger partial charge in [-0.15, -0.1) is 11.3 Å². The smallest absolute Gasteiger partial charge is 0.350 e. The molecule has 0 atom stereocenters. The molecule has 0 aromatic carbocycles. The van der Waals surface area contributed by atoms with Crippen LogP contribution in [0.2, 0.25) is 0 Å². The summed E-state index contributed by atoms with van der Waals surface area (Å²) in [6.45, 7) is 1.83. The molecule has 0 bridgehead atoms. The number of nitrogen functional groups attached to an aromatic ring is 1. The number of thiophene rings is 1. The highest BCUT2D eigenvalue weighted by atomic mass is 32.1. The lowest BCUT2D eigenvalue weighted by atomic mass is 10.4. The van der Waals surface area contributed by atoms with Crippen LogP contribution in [-0.4, -0.2) is 52.2 Å². The number of nitrogens with two attached hydrogens (primary N) is 1. The molecule has 0 amide bonds. The number of hydrogen-bond donors (Lipinski definition) is 1. The summed E-state index contributed by atoms with van der Waals surface area (Å²) in [5.41, 5.74) is 6.26. The molecular weight excluding hydrogens is 238 g/mol. The lowest BCUT2D eigenvalue weighted by Gasteiger charge is -2.19. The van der Waals surface area contributed by atoms with E-state index < -0.39 is 0 Å². The molecular formula is C11H19N3O2S. The van der Waals surface area contributed by atoms with Crippen LogP contribution in [0.1, 0.15) is 9.67 Å². The van der Waals surface area contributed by atoms with Crippen LogP contribution < -0.4 is 10.6 Å². The number of likely N-dealkylation sites (N-methyl/N-ethyl adjacent to an activating group) is 2. The van der Waals surface area contributed by atoms with Gasteiger partial charge in [-0.3, -0.25) is 0 Å². The minimum Gasteiger partial charge on any atom is -0.465 e. The highest BCUT2D eigenvalue weighted by Gasteiger charge is 2.16. The fraction of sp³-hybridized carbons (Fsp3) is 0.545. The van der Waals surface area contributed by atoms with Crippen LogP contribution in [0.15, 0.2) is 6.07 Å². The number of rotatable bonds is 5. The first-order valence-corrected chi connectivity index (χ1v) is 6.10. The second-order valence-electron chi connectivity index (χ2n) is 4.09. The molecule has 5 nitrogen and oxygen atoms in total. The predicted octanol–water partition coefficient (Wildman–Crippen LogP) is 1.11. The van der Waals surface area contributed by atoms with Gasteiger partial charge in [-0.25, -0.2) is 4.79 Å². The van der Waals surface area contributed by atoms with Gasteiger partial charge in [0.25, 0.3) is 0 Å². The van der Waals surface area contributed by atoms with Gasteiger partial charge in [-0.1, -0.05) is 0 Å². The van der Waals surface area contributed by atoms with Gasteiger partial charge in [0, 0.05) is 20.1 Å². The van der Waals surface area contributed by atoms with Crippen molar-refractivity contribution in [2.45, 2.75) is 0 Å². The average molecular weight is 257 g/mol. The molecule has 6 heteroatoms. The Morgan fingerprint density at radius 2 is 2.06 bits per heavy atom. The number of carbonyl (C=O) groups is 1. The summed E-state index contributed by atoms with van der Waals surface area (Å²) in [6.07, 6.45) is 0. The first kappa shape index (κ1) is 13.8. The van der Waals surface area contributed by atoms with E-state index in [0.717, 1.165) is 18.1 Å². The van der Waals surface area contributed by atoms with E-state index in [2.05, 4.69) is 14.5 Å². The average Bonchev–Trinajstić information content (AvgIpc) is 2.67. The Balaban J connectivity index is 2.75. The van der Waals surface area contributed by atoms with Gasteiger partial charge in [-0.2, -0.15) is 0 Å². The molecule has 0 aliphatic carbocycles. The molecule has 1 aromatic heterocycles. The van der Waals surface area contributed by atoms with Crippen LogP contribution in [0.5, 0.6) is 0 Å². The molecule has 0 unspecified atom stereocenters. The van der Waals surface area contributed by atoms with Crippen LogP contribution in [0.3, 0.4) is 0 Å². The third kappa shape index (κ3) is 3.61. The summed E-state index contributed by atoms with van der Waals surface area (Å²) in [6, 6.07) is 1.81. The van der Waals surface area contributed by atoms with Gasteiger partial charge in [0.2, 0.25) is 0 Å². The number of hydrogen-bond acceptors (Lipinski definition) is 6. The summed E-state index contributed by atoms with van der Waals surface area (Å²) >= 11 is 1.36. The molecule has 1 aromatic rings. The van der Waals surface area contributed by atoms with Crippen molar-refractivity contribution in [3.63, 3.8) is 0 Å². The van der Waals surface area contributed by atoms with Crippen molar-refractivity contribution in [1.82, 2.24) is 4.90 Å². The normalized spacial score (nSPS) is 10.6. The Morgan fingerprint density at radius 3 is 2.59 bits per heavy atom. The second-order valence-corrected chi connectivity index (χ2v) is 5.12. The lowest BCUT2D eigenvalue weighted by molar-refractivity contribution is 0.0607. The largest absolute Gasteiger partial charge is 0.465 e. The van der Waals surface area contributed by atoms with E-state index in [9.17, 15) is 4.79 Å². The number of nitrogens with zero attached hydrogens (tertiary/aromatic N) is 2. The van der Waals surface area contributed by atoms with Crippen LogP contribution in [-0.2, 0) is 4.74 Å². The Kier molecular flexibility index (Phi) is 4.77. The molecule has 0 saturated carbocycles. The van der Waals surface area contributed by atoms with Crippen LogP contribution >= 0.6 is 11.3 Å². The molecule has 0 fully saturated rings. The molecule has 96 valence electrons. The van der Waals surface area contributed by atoms with Crippen LogP contribution in [0.4, 0.5) is 10.7 Å².